The predicted octanol–water partition coefficient (Wildman–Crippen LogP) is 1.45. The number of aromatic amines is 2. The summed E-state index contributed by atoms with van der Waals surface area (Å²) in [6.45, 7) is 0. The lowest BCUT2D eigenvalue weighted by molar-refractivity contribution is -0.384. The lowest BCUT2D eigenvalue weighted by Gasteiger charge is -2.22. The SMILES string of the molecule is N#CC1=C(N)Oc2[nH]c(=O)[nH]c(=O)c2C1c1ccc(-c2cccc([N+](=O)[O-])c2)o1. The number of nitrogens with two attached hydrogens (primary N) is 1. The molecule has 0 amide bonds. The van der Waals surface area contributed by atoms with E-state index in [2.05, 4.69) is 9.97 Å². The average Bonchev–Trinajstić information content (AvgIpc) is 3.16. The zero-order valence-corrected chi connectivity index (χ0v) is 14.5. The van der Waals surface area contributed by atoms with E-state index >= 15 is 0 Å². The molecular formula is C18H11N5O6. The summed E-state index contributed by atoms with van der Waals surface area (Å²) in [4.78, 5) is 38.8. The number of nitro benzene ring substituents is 1. The minimum absolute atomic E-state index is 0.0460. The van der Waals surface area contributed by atoms with Gasteiger partial charge in [-0.2, -0.15) is 5.26 Å². The van der Waals surface area contributed by atoms with E-state index in [1.54, 1.807) is 12.1 Å². The minimum atomic E-state index is -1.03. The maximum Gasteiger partial charge on any atom is 0.328 e. The van der Waals surface area contributed by atoms with Crippen molar-refractivity contribution in [1.82, 2.24) is 9.97 Å². The van der Waals surface area contributed by atoms with Gasteiger partial charge in [-0.1, -0.05) is 12.1 Å². The van der Waals surface area contributed by atoms with Gasteiger partial charge >= 0.3 is 5.69 Å². The Bertz CT molecular complexity index is 1340. The molecule has 3 aromatic rings. The molecule has 0 fully saturated rings. The van der Waals surface area contributed by atoms with E-state index in [-0.39, 0.29) is 40.1 Å². The third kappa shape index (κ3) is 2.94. The van der Waals surface area contributed by atoms with Crippen LogP contribution in [0.4, 0.5) is 5.69 Å². The largest absolute Gasteiger partial charge is 0.460 e. The highest BCUT2D eigenvalue weighted by Crippen LogP contribution is 2.40. The van der Waals surface area contributed by atoms with E-state index < -0.39 is 22.1 Å². The minimum Gasteiger partial charge on any atom is -0.460 e. The molecule has 0 saturated carbocycles. The Labute approximate surface area is 160 Å². The van der Waals surface area contributed by atoms with Crippen LogP contribution < -0.4 is 21.7 Å². The van der Waals surface area contributed by atoms with E-state index in [9.17, 15) is 25.0 Å². The monoisotopic (exact) mass is 393 g/mol. The molecule has 144 valence electrons. The smallest absolute Gasteiger partial charge is 0.328 e. The van der Waals surface area contributed by atoms with E-state index in [1.165, 1.54) is 24.3 Å². The van der Waals surface area contributed by atoms with Gasteiger partial charge in [-0.25, -0.2) is 4.79 Å². The Morgan fingerprint density at radius 1 is 1.21 bits per heavy atom. The van der Waals surface area contributed by atoms with Crippen molar-refractivity contribution in [3.63, 3.8) is 0 Å². The first-order valence-corrected chi connectivity index (χ1v) is 8.17. The van der Waals surface area contributed by atoms with Gasteiger partial charge in [0.15, 0.2) is 0 Å². The molecule has 1 aromatic carbocycles. The van der Waals surface area contributed by atoms with Crippen LogP contribution in [-0.4, -0.2) is 14.9 Å². The molecule has 0 radical (unpaired) electrons. The average molecular weight is 393 g/mol. The third-order valence-corrected chi connectivity index (χ3v) is 4.37. The summed E-state index contributed by atoms with van der Waals surface area (Å²) >= 11 is 0. The fraction of sp³-hybridized carbons (Fsp3) is 0.0556. The Kier molecular flexibility index (Phi) is 4.01. The van der Waals surface area contributed by atoms with Gasteiger partial charge in [0.05, 0.1) is 16.4 Å². The molecule has 3 heterocycles. The van der Waals surface area contributed by atoms with Crippen molar-refractivity contribution in [3.05, 3.63) is 90.1 Å². The highest BCUT2D eigenvalue weighted by atomic mass is 16.6. The number of benzene rings is 1. The topological polar surface area (TPSA) is 181 Å². The van der Waals surface area contributed by atoms with Gasteiger partial charge in [0.2, 0.25) is 11.8 Å². The molecule has 4 N–H and O–H groups in total. The molecule has 11 nitrogen and oxygen atoms in total. The van der Waals surface area contributed by atoms with E-state index in [1.807, 2.05) is 6.07 Å². The maximum absolute atomic E-state index is 12.4. The molecule has 11 heteroatoms. The second-order valence-electron chi connectivity index (χ2n) is 6.09. The summed E-state index contributed by atoms with van der Waals surface area (Å²) in [6.07, 6.45) is 0. The first kappa shape index (κ1) is 17.8. The van der Waals surface area contributed by atoms with Gasteiger partial charge < -0.3 is 14.9 Å². The molecule has 1 atom stereocenters. The van der Waals surface area contributed by atoms with Crippen molar-refractivity contribution >= 4 is 5.69 Å². The van der Waals surface area contributed by atoms with Crippen molar-refractivity contribution in [1.29, 1.82) is 5.26 Å². The second kappa shape index (κ2) is 6.54. The number of furan rings is 1. The quantitative estimate of drug-likeness (QED) is 0.441. The number of nitrogens with one attached hydrogen (secondary N) is 2. The fourth-order valence-corrected chi connectivity index (χ4v) is 3.11. The zero-order valence-electron chi connectivity index (χ0n) is 14.5. The number of allylic oxidation sites excluding steroid dienone is 1. The number of H-pyrrole nitrogens is 2. The number of rotatable bonds is 3. The van der Waals surface area contributed by atoms with Gasteiger partial charge in [-0.3, -0.25) is 24.9 Å². The van der Waals surface area contributed by atoms with Gasteiger partial charge in [-0.05, 0) is 12.1 Å². The van der Waals surface area contributed by atoms with Crippen LogP contribution in [0, 0.1) is 21.4 Å². The summed E-state index contributed by atoms with van der Waals surface area (Å²) in [5.41, 5.74) is 4.43. The summed E-state index contributed by atoms with van der Waals surface area (Å²) in [5.74, 6) is -1.04. The summed E-state index contributed by atoms with van der Waals surface area (Å²) < 4.78 is 11.0. The lowest BCUT2D eigenvalue weighted by Crippen LogP contribution is -2.33. The van der Waals surface area contributed by atoms with Crippen molar-refractivity contribution in [2.45, 2.75) is 5.92 Å². The van der Waals surface area contributed by atoms with Crippen molar-refractivity contribution in [3.8, 4) is 23.3 Å². The highest BCUT2D eigenvalue weighted by Gasteiger charge is 2.36. The highest BCUT2D eigenvalue weighted by molar-refractivity contribution is 5.62. The van der Waals surface area contributed by atoms with Gasteiger partial charge in [0, 0.05) is 17.7 Å². The Morgan fingerprint density at radius 2 is 2.00 bits per heavy atom. The van der Waals surface area contributed by atoms with Gasteiger partial charge in [0.1, 0.15) is 23.2 Å². The van der Waals surface area contributed by atoms with Gasteiger partial charge in [-0.15, -0.1) is 0 Å². The van der Waals surface area contributed by atoms with Crippen LogP contribution in [-0.2, 0) is 0 Å². The van der Waals surface area contributed by atoms with E-state index in [4.69, 9.17) is 14.9 Å². The number of nitriles is 1. The molecule has 0 aliphatic carbocycles. The lowest BCUT2D eigenvalue weighted by atomic mass is 9.89. The third-order valence-electron chi connectivity index (χ3n) is 4.37. The van der Waals surface area contributed by atoms with E-state index in [0.717, 1.165) is 0 Å². The molecular weight excluding hydrogens is 382 g/mol. The first-order chi connectivity index (χ1) is 13.9. The standard InChI is InChI=1S/C18H11N5O6/c19-7-10-13(14-16(24)21-18(25)22-17(14)29-15(10)20)12-5-4-11(28-12)8-2-1-3-9(6-8)23(26)27/h1-6,13H,20H2,(H2,21,22,24,25). The molecule has 29 heavy (non-hydrogen) atoms. The van der Waals surface area contributed by atoms with E-state index in [0.29, 0.717) is 5.56 Å². The summed E-state index contributed by atoms with van der Waals surface area (Å²) in [5, 5.41) is 20.5. The first-order valence-electron chi connectivity index (χ1n) is 8.17. The fourth-order valence-electron chi connectivity index (χ4n) is 3.11. The number of non-ortho nitro benzene ring substituents is 1. The Morgan fingerprint density at radius 3 is 2.72 bits per heavy atom. The van der Waals surface area contributed by atoms with Crippen LogP contribution in [0.15, 0.2) is 61.9 Å². The predicted molar refractivity (Wildman–Crippen MR) is 97.8 cm³/mol. The summed E-state index contributed by atoms with van der Waals surface area (Å²) in [6, 6.07) is 10.8. The van der Waals surface area contributed by atoms with Crippen LogP contribution in [0.25, 0.3) is 11.3 Å². The number of nitrogens with zero attached hydrogens (tertiary/aromatic N) is 2. The molecule has 0 bridgehead atoms. The maximum atomic E-state index is 12.4. The van der Waals surface area contributed by atoms with Crippen LogP contribution in [0.1, 0.15) is 17.2 Å². The number of hydrogen-bond acceptors (Lipinski definition) is 8. The van der Waals surface area contributed by atoms with Crippen LogP contribution in [0.5, 0.6) is 5.88 Å². The van der Waals surface area contributed by atoms with Crippen molar-refractivity contribution in [2.75, 3.05) is 0 Å². The van der Waals surface area contributed by atoms with Crippen molar-refractivity contribution < 1.29 is 14.1 Å². The van der Waals surface area contributed by atoms with Crippen molar-refractivity contribution in [2.24, 2.45) is 5.73 Å². The Balaban J connectivity index is 1.87. The van der Waals surface area contributed by atoms with Gasteiger partial charge in [0.25, 0.3) is 11.2 Å². The number of aromatic nitrogens is 2. The molecule has 0 spiro atoms. The second-order valence-corrected chi connectivity index (χ2v) is 6.09. The molecule has 2 aromatic heterocycles. The molecule has 1 unspecified atom stereocenters. The van der Waals surface area contributed by atoms with Crippen LogP contribution in [0.2, 0.25) is 0 Å². The number of ether oxygens (including phenoxy) is 1. The molecule has 1 aliphatic rings. The number of fused-ring (bicyclic) bond motifs is 1. The zero-order chi connectivity index (χ0) is 20.7. The normalized spacial score (nSPS) is 15.3. The van der Waals surface area contributed by atoms with Crippen LogP contribution in [0.3, 0.4) is 0 Å². The Hall–Kier alpha value is -4.59. The van der Waals surface area contributed by atoms with Crippen LogP contribution >= 0.6 is 0 Å². The molecule has 0 saturated heterocycles. The molecule has 1 aliphatic heterocycles. The number of nitro groups is 1. The summed E-state index contributed by atoms with van der Waals surface area (Å²) in [7, 11) is 0. The number of hydrogen-bond donors (Lipinski definition) is 3. The molecule has 4 rings (SSSR count).